The summed E-state index contributed by atoms with van der Waals surface area (Å²) in [6.45, 7) is 17.7. The van der Waals surface area contributed by atoms with Crippen LogP contribution in [0.2, 0.25) is 0 Å². The molecule has 2 nitrogen and oxygen atoms in total. The highest BCUT2D eigenvalue weighted by Gasteiger charge is 2.24. The molecule has 0 spiro atoms. The van der Waals surface area contributed by atoms with E-state index in [1.807, 2.05) is 0 Å². The van der Waals surface area contributed by atoms with Gasteiger partial charge in [0.2, 0.25) is 0 Å². The van der Waals surface area contributed by atoms with Gasteiger partial charge in [0.15, 0.2) is 0 Å². The first-order valence-corrected chi connectivity index (χ1v) is 29.1. The Bertz CT molecular complexity index is 817. The van der Waals surface area contributed by atoms with Crippen molar-refractivity contribution in [1.29, 1.82) is 0 Å². The molecule has 58 heavy (non-hydrogen) atoms. The zero-order chi connectivity index (χ0) is 41.4. The second-order valence-corrected chi connectivity index (χ2v) is 22.1. The molecule has 2 unspecified atom stereocenters. The molecule has 0 radical (unpaired) electrons. The molecule has 2 rings (SSSR count). The van der Waals surface area contributed by atoms with Crippen LogP contribution in [0.3, 0.4) is 0 Å². The van der Waals surface area contributed by atoms with E-state index in [0.29, 0.717) is 0 Å². The van der Waals surface area contributed by atoms with Crippen LogP contribution in [0.25, 0.3) is 0 Å². The SMILES string of the molecule is CCCCCCCC/C=C\CCCCCCCCC(C)C1CCN(CCSSCCN2CCC(C(C)CCCCCCCC/C=C\CCCCCCCC)CC2)CC1. The van der Waals surface area contributed by atoms with E-state index in [0.717, 1.165) is 23.7 Å². The van der Waals surface area contributed by atoms with Crippen molar-refractivity contribution < 1.29 is 0 Å². The van der Waals surface area contributed by atoms with Gasteiger partial charge in [0.05, 0.1) is 0 Å². The van der Waals surface area contributed by atoms with E-state index in [9.17, 15) is 0 Å². The number of allylic oxidation sites excluding steroid dienone is 4. The lowest BCUT2D eigenvalue weighted by Crippen LogP contribution is -2.37. The first-order valence-electron chi connectivity index (χ1n) is 26.6. The summed E-state index contributed by atoms with van der Waals surface area (Å²) in [6, 6.07) is 0. The van der Waals surface area contributed by atoms with Crippen molar-refractivity contribution in [1.82, 2.24) is 9.80 Å². The molecular weight excluding hydrogens is 741 g/mol. The fraction of sp³-hybridized carbons (Fsp3) is 0.926. The van der Waals surface area contributed by atoms with Crippen molar-refractivity contribution in [3.63, 3.8) is 0 Å². The Hall–Kier alpha value is 0.100. The van der Waals surface area contributed by atoms with E-state index in [4.69, 9.17) is 0 Å². The molecule has 2 atom stereocenters. The van der Waals surface area contributed by atoms with Gasteiger partial charge in [0, 0.05) is 24.6 Å². The smallest absolute Gasteiger partial charge is 0.0165 e. The van der Waals surface area contributed by atoms with Gasteiger partial charge < -0.3 is 9.80 Å². The standard InChI is InChI=1S/C54H104N2S2/c1-5-7-9-11-13-15-17-19-21-23-25-27-29-31-33-35-37-51(3)53-39-43-55(44-40-53)47-49-57-58-50-48-56-45-41-54(42-46-56)52(4)38-36-34-32-30-28-26-24-22-20-18-16-14-12-10-8-6-2/h19-22,51-54H,5-18,23-50H2,1-4H3/b21-19-,22-20-. The molecule has 4 heteroatoms. The predicted octanol–water partition coefficient (Wildman–Crippen LogP) is 17.9. The number of piperidine rings is 2. The van der Waals surface area contributed by atoms with Gasteiger partial charge >= 0.3 is 0 Å². The van der Waals surface area contributed by atoms with Crippen molar-refractivity contribution >= 4 is 21.6 Å². The minimum atomic E-state index is 0.930. The second-order valence-electron chi connectivity index (χ2n) is 19.4. The van der Waals surface area contributed by atoms with Gasteiger partial charge in [-0.1, -0.05) is 215 Å². The number of likely N-dealkylation sites (tertiary alicyclic amines) is 2. The number of hydrogen-bond donors (Lipinski definition) is 0. The second kappa shape index (κ2) is 41.1. The highest BCUT2D eigenvalue weighted by Crippen LogP contribution is 2.31. The first-order chi connectivity index (χ1) is 28.6. The summed E-state index contributed by atoms with van der Waals surface area (Å²) in [5.74, 6) is 6.42. The Morgan fingerprint density at radius 1 is 0.397 bits per heavy atom. The number of rotatable bonds is 41. The molecule has 0 aromatic heterocycles. The van der Waals surface area contributed by atoms with E-state index in [2.05, 4.69) is 83.4 Å². The highest BCUT2D eigenvalue weighted by molar-refractivity contribution is 8.76. The molecule has 2 saturated heterocycles. The van der Waals surface area contributed by atoms with Gasteiger partial charge in [0.1, 0.15) is 0 Å². The van der Waals surface area contributed by atoms with Crippen molar-refractivity contribution in [3.05, 3.63) is 24.3 Å². The summed E-state index contributed by atoms with van der Waals surface area (Å²) in [4.78, 5) is 5.54. The molecule has 0 bridgehead atoms. The third kappa shape index (κ3) is 31.9. The van der Waals surface area contributed by atoms with Crippen LogP contribution >= 0.6 is 21.6 Å². The summed E-state index contributed by atoms with van der Waals surface area (Å²) in [6.07, 6.45) is 58.0. The Kier molecular flexibility index (Phi) is 38.5. The quantitative estimate of drug-likeness (QED) is 0.0343. The topological polar surface area (TPSA) is 6.48 Å². The summed E-state index contributed by atoms with van der Waals surface area (Å²) >= 11 is 0. The lowest BCUT2D eigenvalue weighted by Gasteiger charge is -2.35. The van der Waals surface area contributed by atoms with Crippen LogP contribution in [0, 0.1) is 23.7 Å². The molecule has 0 aromatic rings. The Morgan fingerprint density at radius 2 is 0.672 bits per heavy atom. The monoisotopic (exact) mass is 845 g/mol. The molecule has 0 saturated carbocycles. The lowest BCUT2D eigenvalue weighted by atomic mass is 9.82. The molecule has 342 valence electrons. The summed E-state index contributed by atoms with van der Waals surface area (Å²) < 4.78 is 0. The maximum atomic E-state index is 2.77. The van der Waals surface area contributed by atoms with Crippen LogP contribution in [0.1, 0.15) is 246 Å². The fourth-order valence-corrected chi connectivity index (χ4v) is 11.9. The van der Waals surface area contributed by atoms with Crippen molar-refractivity contribution in [2.75, 3.05) is 50.8 Å². The molecule has 0 aromatic carbocycles. The Morgan fingerprint density at radius 3 is 0.983 bits per heavy atom. The zero-order valence-electron chi connectivity index (χ0n) is 40.0. The van der Waals surface area contributed by atoms with Gasteiger partial charge in [-0.3, -0.25) is 0 Å². The van der Waals surface area contributed by atoms with Crippen molar-refractivity contribution in [2.24, 2.45) is 23.7 Å². The van der Waals surface area contributed by atoms with Crippen LogP contribution in [0.4, 0.5) is 0 Å². The maximum Gasteiger partial charge on any atom is 0.0165 e. The maximum absolute atomic E-state index is 2.77. The van der Waals surface area contributed by atoms with Gasteiger partial charge in [-0.05, 0) is 127 Å². The largest absolute Gasteiger partial charge is 0.302 e. The Balaban J connectivity index is 1.31. The predicted molar refractivity (Wildman–Crippen MR) is 270 cm³/mol. The van der Waals surface area contributed by atoms with Gasteiger partial charge in [-0.25, -0.2) is 0 Å². The highest BCUT2D eigenvalue weighted by atomic mass is 33.1. The van der Waals surface area contributed by atoms with E-state index >= 15 is 0 Å². The van der Waals surface area contributed by atoms with Gasteiger partial charge in [-0.15, -0.1) is 0 Å². The lowest BCUT2D eigenvalue weighted by molar-refractivity contribution is 0.154. The molecule has 2 fully saturated rings. The summed E-state index contributed by atoms with van der Waals surface area (Å²) in [5, 5.41) is 0. The molecular formula is C54H104N2S2. The summed E-state index contributed by atoms with van der Waals surface area (Å²) in [7, 11) is 4.28. The van der Waals surface area contributed by atoms with E-state index in [1.165, 1.54) is 269 Å². The van der Waals surface area contributed by atoms with E-state index in [-0.39, 0.29) is 0 Å². The first kappa shape index (κ1) is 54.2. The zero-order valence-corrected chi connectivity index (χ0v) is 41.7. The van der Waals surface area contributed by atoms with Crippen LogP contribution in [-0.4, -0.2) is 60.6 Å². The van der Waals surface area contributed by atoms with Crippen molar-refractivity contribution in [2.45, 2.75) is 246 Å². The minimum Gasteiger partial charge on any atom is -0.302 e. The number of hydrogen-bond acceptors (Lipinski definition) is 4. The third-order valence-electron chi connectivity index (χ3n) is 14.3. The average Bonchev–Trinajstić information content (AvgIpc) is 3.24. The van der Waals surface area contributed by atoms with E-state index < -0.39 is 0 Å². The van der Waals surface area contributed by atoms with Crippen LogP contribution in [0.15, 0.2) is 24.3 Å². The third-order valence-corrected chi connectivity index (χ3v) is 16.6. The van der Waals surface area contributed by atoms with Crippen molar-refractivity contribution in [3.8, 4) is 0 Å². The summed E-state index contributed by atoms with van der Waals surface area (Å²) in [5.41, 5.74) is 0. The number of nitrogens with zero attached hydrogens (tertiary/aromatic N) is 2. The van der Waals surface area contributed by atoms with Gasteiger partial charge in [0.25, 0.3) is 0 Å². The van der Waals surface area contributed by atoms with Crippen LogP contribution < -0.4 is 0 Å². The fourth-order valence-electron chi connectivity index (χ4n) is 9.84. The van der Waals surface area contributed by atoms with Crippen LogP contribution in [-0.2, 0) is 0 Å². The Labute approximate surface area is 374 Å². The van der Waals surface area contributed by atoms with Gasteiger partial charge in [-0.2, -0.15) is 0 Å². The van der Waals surface area contributed by atoms with E-state index in [1.54, 1.807) is 0 Å². The minimum absolute atomic E-state index is 0.930. The molecule has 2 heterocycles. The normalized spacial score (nSPS) is 17.7. The molecule has 0 amide bonds. The molecule has 0 N–H and O–H groups in total. The molecule has 0 aliphatic carbocycles. The average molecular weight is 846 g/mol. The molecule has 2 aliphatic heterocycles. The number of unbranched alkanes of at least 4 members (excludes halogenated alkanes) is 24. The van der Waals surface area contributed by atoms with Crippen LogP contribution in [0.5, 0.6) is 0 Å². The molecule has 2 aliphatic rings.